The average molecular weight is 185 g/mol. The molecule has 0 spiro atoms. The molecule has 1 rings (SSSR count). The van der Waals surface area contributed by atoms with Gasteiger partial charge in [-0.2, -0.15) is 0 Å². The Morgan fingerprint density at radius 1 is 1.38 bits per heavy atom. The van der Waals surface area contributed by atoms with Crippen molar-refractivity contribution in [3.8, 4) is 0 Å². The normalized spacial score (nSPS) is 16.7. The van der Waals surface area contributed by atoms with Gasteiger partial charge in [0.05, 0.1) is 0 Å². The van der Waals surface area contributed by atoms with Gasteiger partial charge in [-0.05, 0) is 31.6 Å². The van der Waals surface area contributed by atoms with Gasteiger partial charge in [0.25, 0.3) is 0 Å². The van der Waals surface area contributed by atoms with Gasteiger partial charge in [-0.25, -0.2) is 0 Å². The van der Waals surface area contributed by atoms with E-state index in [0.717, 1.165) is 12.8 Å². The smallest absolute Gasteiger partial charge is 0.220 e. The standard InChI is InChI=1S/C10H19NO2/c12-7-2-1-6-11-10(13)8-9-4-3-5-9/h9,12H,1-8H2,(H,11,13). The highest BCUT2D eigenvalue weighted by Crippen LogP contribution is 2.28. The van der Waals surface area contributed by atoms with E-state index in [0.29, 0.717) is 18.9 Å². The van der Waals surface area contributed by atoms with Crippen LogP contribution in [0.1, 0.15) is 38.5 Å². The molecule has 1 amide bonds. The lowest BCUT2D eigenvalue weighted by atomic mass is 9.83. The molecule has 0 radical (unpaired) electrons. The summed E-state index contributed by atoms with van der Waals surface area (Å²) in [5, 5.41) is 11.4. The molecule has 0 aromatic rings. The molecule has 0 bridgehead atoms. The summed E-state index contributed by atoms with van der Waals surface area (Å²) < 4.78 is 0. The third-order valence-corrected chi connectivity index (χ3v) is 2.61. The highest BCUT2D eigenvalue weighted by molar-refractivity contribution is 5.76. The maximum absolute atomic E-state index is 11.2. The van der Waals surface area contributed by atoms with Crippen molar-refractivity contribution in [2.24, 2.45) is 5.92 Å². The van der Waals surface area contributed by atoms with Crippen molar-refractivity contribution < 1.29 is 9.90 Å². The quantitative estimate of drug-likeness (QED) is 0.608. The molecule has 1 aliphatic rings. The Labute approximate surface area is 79.5 Å². The van der Waals surface area contributed by atoms with E-state index in [2.05, 4.69) is 5.32 Å². The van der Waals surface area contributed by atoms with Crippen molar-refractivity contribution in [2.75, 3.05) is 13.2 Å². The number of carbonyl (C=O) groups excluding carboxylic acids is 1. The molecule has 1 fully saturated rings. The van der Waals surface area contributed by atoms with E-state index in [1.54, 1.807) is 0 Å². The monoisotopic (exact) mass is 185 g/mol. The Hall–Kier alpha value is -0.570. The van der Waals surface area contributed by atoms with E-state index in [-0.39, 0.29) is 12.5 Å². The molecule has 0 atom stereocenters. The van der Waals surface area contributed by atoms with Crippen LogP contribution in [0.3, 0.4) is 0 Å². The summed E-state index contributed by atoms with van der Waals surface area (Å²) in [4.78, 5) is 11.2. The zero-order chi connectivity index (χ0) is 9.52. The van der Waals surface area contributed by atoms with Gasteiger partial charge in [0.2, 0.25) is 5.91 Å². The first-order chi connectivity index (χ1) is 6.33. The Bertz CT molecular complexity index is 155. The number of amides is 1. The summed E-state index contributed by atoms with van der Waals surface area (Å²) in [6.07, 6.45) is 6.12. The van der Waals surface area contributed by atoms with Crippen molar-refractivity contribution in [1.82, 2.24) is 5.32 Å². The first kappa shape index (κ1) is 10.5. The van der Waals surface area contributed by atoms with E-state index < -0.39 is 0 Å². The van der Waals surface area contributed by atoms with Crippen LogP contribution in [0.15, 0.2) is 0 Å². The average Bonchev–Trinajstić information content (AvgIpc) is 2.06. The number of aliphatic hydroxyl groups excluding tert-OH is 1. The maximum Gasteiger partial charge on any atom is 0.220 e. The lowest BCUT2D eigenvalue weighted by molar-refractivity contribution is -0.122. The fourth-order valence-electron chi connectivity index (χ4n) is 1.50. The van der Waals surface area contributed by atoms with Crippen molar-refractivity contribution in [2.45, 2.75) is 38.5 Å². The number of aliphatic hydroxyl groups is 1. The number of carbonyl (C=O) groups is 1. The number of unbranched alkanes of at least 4 members (excludes halogenated alkanes) is 1. The molecule has 1 aliphatic carbocycles. The summed E-state index contributed by atoms with van der Waals surface area (Å²) in [7, 11) is 0. The van der Waals surface area contributed by atoms with Crippen LogP contribution in [0.2, 0.25) is 0 Å². The Balaban J connectivity index is 1.91. The van der Waals surface area contributed by atoms with Crippen LogP contribution in [-0.2, 0) is 4.79 Å². The molecule has 76 valence electrons. The molecule has 2 N–H and O–H groups in total. The van der Waals surface area contributed by atoms with Gasteiger partial charge in [-0.3, -0.25) is 4.79 Å². The predicted molar refractivity (Wildman–Crippen MR) is 51.3 cm³/mol. The largest absolute Gasteiger partial charge is 0.396 e. The van der Waals surface area contributed by atoms with Crippen molar-refractivity contribution in [1.29, 1.82) is 0 Å². The minimum Gasteiger partial charge on any atom is -0.396 e. The molecule has 13 heavy (non-hydrogen) atoms. The van der Waals surface area contributed by atoms with E-state index >= 15 is 0 Å². The third-order valence-electron chi connectivity index (χ3n) is 2.61. The lowest BCUT2D eigenvalue weighted by Crippen LogP contribution is -2.28. The molecule has 3 nitrogen and oxygen atoms in total. The first-order valence-electron chi connectivity index (χ1n) is 5.20. The van der Waals surface area contributed by atoms with Crippen LogP contribution in [0.5, 0.6) is 0 Å². The second-order valence-corrected chi connectivity index (χ2v) is 3.78. The first-order valence-corrected chi connectivity index (χ1v) is 5.20. The number of hydrogen-bond donors (Lipinski definition) is 2. The van der Waals surface area contributed by atoms with Gasteiger partial charge in [0, 0.05) is 19.6 Å². The Morgan fingerprint density at radius 2 is 2.15 bits per heavy atom. The van der Waals surface area contributed by atoms with Crippen molar-refractivity contribution in [3.63, 3.8) is 0 Å². The molecule has 1 saturated carbocycles. The zero-order valence-electron chi connectivity index (χ0n) is 8.09. The zero-order valence-corrected chi connectivity index (χ0v) is 8.09. The van der Waals surface area contributed by atoms with Gasteiger partial charge >= 0.3 is 0 Å². The van der Waals surface area contributed by atoms with Crippen LogP contribution in [0.25, 0.3) is 0 Å². The second kappa shape index (κ2) is 5.97. The van der Waals surface area contributed by atoms with E-state index in [9.17, 15) is 4.79 Å². The SMILES string of the molecule is O=C(CC1CCC1)NCCCCO. The summed E-state index contributed by atoms with van der Waals surface area (Å²) in [6, 6.07) is 0. The Morgan fingerprint density at radius 3 is 2.69 bits per heavy atom. The van der Waals surface area contributed by atoms with Crippen LogP contribution in [0.4, 0.5) is 0 Å². The summed E-state index contributed by atoms with van der Waals surface area (Å²) in [5.74, 6) is 0.834. The van der Waals surface area contributed by atoms with E-state index in [1.165, 1.54) is 19.3 Å². The van der Waals surface area contributed by atoms with Gasteiger partial charge < -0.3 is 10.4 Å². The molecular weight excluding hydrogens is 166 g/mol. The van der Waals surface area contributed by atoms with Gasteiger partial charge in [0.1, 0.15) is 0 Å². The van der Waals surface area contributed by atoms with E-state index in [1.807, 2.05) is 0 Å². The number of nitrogens with one attached hydrogen (secondary N) is 1. The topological polar surface area (TPSA) is 49.3 Å². The second-order valence-electron chi connectivity index (χ2n) is 3.78. The third kappa shape index (κ3) is 4.27. The van der Waals surface area contributed by atoms with Crippen molar-refractivity contribution >= 4 is 5.91 Å². The molecule has 0 aromatic heterocycles. The minimum atomic E-state index is 0.183. The highest BCUT2D eigenvalue weighted by atomic mass is 16.2. The van der Waals surface area contributed by atoms with Crippen LogP contribution < -0.4 is 5.32 Å². The molecule has 0 saturated heterocycles. The maximum atomic E-state index is 11.2. The van der Waals surface area contributed by atoms with Crippen LogP contribution in [0, 0.1) is 5.92 Å². The van der Waals surface area contributed by atoms with Gasteiger partial charge in [0.15, 0.2) is 0 Å². The summed E-state index contributed by atoms with van der Waals surface area (Å²) in [5.41, 5.74) is 0. The molecule has 3 heteroatoms. The van der Waals surface area contributed by atoms with Crippen molar-refractivity contribution in [3.05, 3.63) is 0 Å². The molecule has 0 unspecified atom stereocenters. The Kier molecular flexibility index (Phi) is 4.83. The molecular formula is C10H19NO2. The summed E-state index contributed by atoms with van der Waals surface area (Å²) in [6.45, 7) is 0.935. The molecule has 0 aromatic carbocycles. The fraction of sp³-hybridized carbons (Fsp3) is 0.900. The molecule has 0 heterocycles. The van der Waals surface area contributed by atoms with Crippen LogP contribution in [-0.4, -0.2) is 24.2 Å². The fourth-order valence-corrected chi connectivity index (χ4v) is 1.50. The van der Waals surface area contributed by atoms with Gasteiger partial charge in [-0.1, -0.05) is 6.42 Å². The number of hydrogen-bond acceptors (Lipinski definition) is 2. The lowest BCUT2D eigenvalue weighted by Gasteiger charge is -2.24. The summed E-state index contributed by atoms with van der Waals surface area (Å²) >= 11 is 0. The number of rotatable bonds is 6. The predicted octanol–water partition coefficient (Wildman–Crippen LogP) is 1.07. The minimum absolute atomic E-state index is 0.183. The molecule has 0 aliphatic heterocycles. The van der Waals surface area contributed by atoms with E-state index in [4.69, 9.17) is 5.11 Å². The highest BCUT2D eigenvalue weighted by Gasteiger charge is 2.19. The van der Waals surface area contributed by atoms with Gasteiger partial charge in [-0.15, -0.1) is 0 Å². The van der Waals surface area contributed by atoms with Crippen LogP contribution >= 0.6 is 0 Å².